The van der Waals surface area contributed by atoms with Crippen LogP contribution < -0.4 is 5.32 Å². The van der Waals surface area contributed by atoms with Gasteiger partial charge in [-0.25, -0.2) is 4.98 Å². The maximum atomic E-state index is 13.2. The molecule has 0 atom stereocenters. The zero-order valence-corrected chi connectivity index (χ0v) is 20.1. The smallest absolute Gasteiger partial charge is 0.252 e. The van der Waals surface area contributed by atoms with Gasteiger partial charge in [-0.3, -0.25) is 9.78 Å². The van der Waals surface area contributed by atoms with Crippen molar-refractivity contribution in [1.82, 2.24) is 30.0 Å². The molecule has 3 aromatic heterocycles. The number of nitrogens with one attached hydrogen (secondary N) is 1. The molecule has 1 saturated carbocycles. The molecule has 0 spiro atoms. The highest BCUT2D eigenvalue weighted by Gasteiger charge is 2.23. The quantitative estimate of drug-likeness (QED) is 0.284. The van der Waals surface area contributed by atoms with Gasteiger partial charge in [-0.15, -0.1) is 10.2 Å². The summed E-state index contributed by atoms with van der Waals surface area (Å²) in [6.07, 6.45) is 12.1. The summed E-state index contributed by atoms with van der Waals surface area (Å²) >= 11 is 1.65. The number of hydrogen-bond donors (Lipinski definition) is 1. The number of rotatable bonds is 8. The topological polar surface area (TPSA) is 85.6 Å². The fraction of sp³-hybridized carbons (Fsp3) is 0.346. The van der Waals surface area contributed by atoms with Gasteiger partial charge >= 0.3 is 0 Å². The average molecular weight is 473 g/mol. The molecule has 3 heterocycles. The summed E-state index contributed by atoms with van der Waals surface area (Å²) in [5.74, 6) is 0.941. The van der Waals surface area contributed by atoms with Crippen LogP contribution in [-0.2, 0) is 6.42 Å². The van der Waals surface area contributed by atoms with Gasteiger partial charge in [0.05, 0.1) is 16.8 Å². The predicted molar refractivity (Wildman–Crippen MR) is 135 cm³/mol. The second-order valence-electron chi connectivity index (χ2n) is 8.58. The normalized spacial score (nSPS) is 14.0. The van der Waals surface area contributed by atoms with Crippen molar-refractivity contribution in [2.75, 3.05) is 12.8 Å². The Hall–Kier alpha value is -3.26. The average Bonchev–Trinajstić information content (AvgIpc) is 3.56. The number of benzene rings is 1. The van der Waals surface area contributed by atoms with Crippen molar-refractivity contribution in [3.05, 3.63) is 66.2 Å². The first-order chi connectivity index (χ1) is 16.7. The highest BCUT2D eigenvalue weighted by atomic mass is 32.2. The highest BCUT2D eigenvalue weighted by molar-refractivity contribution is 7.98. The Kier molecular flexibility index (Phi) is 6.85. The third kappa shape index (κ3) is 4.68. The van der Waals surface area contributed by atoms with E-state index in [1.165, 1.54) is 25.7 Å². The molecular weight excluding hydrogens is 444 g/mol. The van der Waals surface area contributed by atoms with E-state index < -0.39 is 0 Å². The number of fused-ring (bicyclic) bond motifs is 1. The van der Waals surface area contributed by atoms with Crippen molar-refractivity contribution < 1.29 is 4.79 Å². The van der Waals surface area contributed by atoms with Gasteiger partial charge in [0.2, 0.25) is 0 Å². The van der Waals surface area contributed by atoms with Crippen LogP contribution in [0.4, 0.5) is 0 Å². The van der Waals surface area contributed by atoms with E-state index in [2.05, 4.69) is 31.3 Å². The van der Waals surface area contributed by atoms with Gasteiger partial charge in [0.1, 0.15) is 5.82 Å². The van der Waals surface area contributed by atoms with E-state index in [4.69, 9.17) is 4.98 Å². The third-order valence-electron chi connectivity index (χ3n) is 6.41. The molecule has 174 valence electrons. The Bertz CT molecular complexity index is 1280. The van der Waals surface area contributed by atoms with Gasteiger partial charge < -0.3 is 9.88 Å². The molecule has 5 rings (SSSR count). The van der Waals surface area contributed by atoms with Crippen molar-refractivity contribution in [2.45, 2.75) is 49.7 Å². The molecule has 0 saturated heterocycles. The SMILES string of the molecule is CSc1nnc(CCCNC(=O)c2cc(-c3ccncc3)nc3ccccc23)n1C1CCCC1. The number of nitrogens with zero attached hydrogens (tertiary/aromatic N) is 5. The Morgan fingerprint density at radius 2 is 1.91 bits per heavy atom. The Labute approximate surface area is 203 Å². The third-order valence-corrected chi connectivity index (χ3v) is 7.05. The van der Waals surface area contributed by atoms with Crippen molar-refractivity contribution in [3.63, 3.8) is 0 Å². The lowest BCUT2D eigenvalue weighted by molar-refractivity contribution is 0.0954. The molecule has 4 aromatic rings. The molecule has 1 N–H and O–H groups in total. The van der Waals surface area contributed by atoms with Crippen LogP contribution in [0.5, 0.6) is 0 Å². The summed E-state index contributed by atoms with van der Waals surface area (Å²) in [7, 11) is 0. The van der Waals surface area contributed by atoms with Crippen molar-refractivity contribution in [2.24, 2.45) is 0 Å². The van der Waals surface area contributed by atoms with E-state index in [9.17, 15) is 4.79 Å². The molecule has 0 radical (unpaired) electrons. The van der Waals surface area contributed by atoms with Crippen LogP contribution in [-0.4, -0.2) is 43.4 Å². The summed E-state index contributed by atoms with van der Waals surface area (Å²) < 4.78 is 2.33. The number of thioether (sulfide) groups is 1. The lowest BCUT2D eigenvalue weighted by Crippen LogP contribution is -2.25. The zero-order chi connectivity index (χ0) is 23.3. The Balaban J connectivity index is 1.29. The predicted octanol–water partition coefficient (Wildman–Crippen LogP) is 5.09. The number of aryl methyl sites for hydroxylation is 1. The van der Waals surface area contributed by atoms with Crippen LogP contribution in [0, 0.1) is 0 Å². The van der Waals surface area contributed by atoms with Crippen LogP contribution in [0.1, 0.15) is 54.3 Å². The fourth-order valence-corrected chi connectivity index (χ4v) is 5.30. The molecule has 1 aromatic carbocycles. The second kappa shape index (κ2) is 10.3. The van der Waals surface area contributed by atoms with Crippen LogP contribution in [0.15, 0.2) is 60.0 Å². The van der Waals surface area contributed by atoms with Gasteiger partial charge in [0, 0.05) is 42.4 Å². The van der Waals surface area contributed by atoms with Crippen molar-refractivity contribution >= 4 is 28.6 Å². The van der Waals surface area contributed by atoms with Crippen LogP contribution in [0.25, 0.3) is 22.2 Å². The van der Waals surface area contributed by atoms with E-state index in [1.807, 2.05) is 42.5 Å². The van der Waals surface area contributed by atoms with E-state index in [1.54, 1.807) is 24.2 Å². The van der Waals surface area contributed by atoms with Gasteiger partial charge in [-0.2, -0.15) is 0 Å². The first-order valence-corrected chi connectivity index (χ1v) is 13.0. The molecular formula is C26H28N6OS. The van der Waals surface area contributed by atoms with Crippen molar-refractivity contribution in [3.8, 4) is 11.3 Å². The number of para-hydroxylation sites is 1. The summed E-state index contributed by atoms with van der Waals surface area (Å²) in [5, 5.41) is 13.8. The molecule has 1 amide bonds. The van der Waals surface area contributed by atoms with Gasteiger partial charge in [-0.05, 0) is 49.8 Å². The molecule has 7 nitrogen and oxygen atoms in total. The lowest BCUT2D eigenvalue weighted by atomic mass is 10.0. The number of carbonyl (C=O) groups is 1. The molecule has 1 aliphatic rings. The molecule has 1 fully saturated rings. The Morgan fingerprint density at radius 1 is 1.12 bits per heavy atom. The first kappa shape index (κ1) is 22.5. The lowest BCUT2D eigenvalue weighted by Gasteiger charge is -2.16. The maximum absolute atomic E-state index is 13.2. The van der Waals surface area contributed by atoms with Gasteiger partial charge in [-0.1, -0.05) is 42.8 Å². The highest BCUT2D eigenvalue weighted by Crippen LogP contribution is 2.33. The van der Waals surface area contributed by atoms with E-state index in [0.717, 1.165) is 46.0 Å². The number of aromatic nitrogens is 5. The minimum absolute atomic E-state index is 0.0871. The second-order valence-corrected chi connectivity index (χ2v) is 9.35. The number of pyridine rings is 2. The zero-order valence-electron chi connectivity index (χ0n) is 19.3. The van der Waals surface area contributed by atoms with Crippen LogP contribution >= 0.6 is 11.8 Å². The standard InChI is InChI=1S/C26H28N6OS/c1-34-26-31-30-24(32(26)19-7-2-3-8-19)11-6-14-28-25(33)21-17-23(18-12-15-27-16-13-18)29-22-10-5-4-9-20(21)22/h4-5,9-10,12-13,15-17,19H,2-3,6-8,11,14H2,1H3,(H,28,33). The van der Waals surface area contributed by atoms with E-state index in [0.29, 0.717) is 18.2 Å². The molecule has 0 bridgehead atoms. The fourth-order valence-electron chi connectivity index (χ4n) is 4.72. The largest absolute Gasteiger partial charge is 0.352 e. The summed E-state index contributed by atoms with van der Waals surface area (Å²) in [5.41, 5.74) is 3.14. The molecule has 34 heavy (non-hydrogen) atoms. The van der Waals surface area contributed by atoms with Crippen LogP contribution in [0.3, 0.4) is 0 Å². The van der Waals surface area contributed by atoms with Crippen molar-refractivity contribution in [1.29, 1.82) is 0 Å². The van der Waals surface area contributed by atoms with E-state index in [-0.39, 0.29) is 5.91 Å². The molecule has 8 heteroatoms. The Morgan fingerprint density at radius 3 is 2.71 bits per heavy atom. The first-order valence-electron chi connectivity index (χ1n) is 11.8. The summed E-state index contributed by atoms with van der Waals surface area (Å²) in [6.45, 7) is 0.576. The minimum Gasteiger partial charge on any atom is -0.352 e. The number of amides is 1. The van der Waals surface area contributed by atoms with Crippen LogP contribution in [0.2, 0.25) is 0 Å². The molecule has 0 unspecified atom stereocenters. The number of hydrogen-bond acceptors (Lipinski definition) is 6. The summed E-state index contributed by atoms with van der Waals surface area (Å²) in [6, 6.07) is 14.0. The van der Waals surface area contributed by atoms with Gasteiger partial charge in [0.25, 0.3) is 5.91 Å². The van der Waals surface area contributed by atoms with Gasteiger partial charge in [0.15, 0.2) is 5.16 Å². The summed E-state index contributed by atoms with van der Waals surface area (Å²) in [4.78, 5) is 22.0. The number of carbonyl (C=O) groups excluding carboxylic acids is 1. The van der Waals surface area contributed by atoms with E-state index >= 15 is 0 Å². The molecule has 0 aliphatic heterocycles. The molecule has 1 aliphatic carbocycles. The maximum Gasteiger partial charge on any atom is 0.252 e. The minimum atomic E-state index is -0.0871. The monoisotopic (exact) mass is 472 g/mol.